The first-order valence-corrected chi connectivity index (χ1v) is 8.43. The van der Waals surface area contributed by atoms with E-state index in [0.29, 0.717) is 17.4 Å². The number of rotatable bonds is 8. The van der Waals surface area contributed by atoms with Crippen LogP contribution in [0.15, 0.2) is 48.5 Å². The van der Waals surface area contributed by atoms with E-state index in [0.717, 1.165) is 0 Å². The highest BCUT2D eigenvalue weighted by Crippen LogP contribution is 2.17. The average molecular weight is 370 g/mol. The maximum atomic E-state index is 12.0. The largest absolute Gasteiger partial charge is 0.484 e. The Morgan fingerprint density at radius 3 is 2.15 bits per heavy atom. The van der Waals surface area contributed by atoms with Crippen molar-refractivity contribution in [3.8, 4) is 5.75 Å². The highest BCUT2D eigenvalue weighted by molar-refractivity contribution is 5.95. The normalized spacial score (nSPS) is 10.3. The number of nitrogens with two attached hydrogens (primary N) is 1. The van der Waals surface area contributed by atoms with Gasteiger partial charge in [0.25, 0.3) is 11.8 Å². The van der Waals surface area contributed by atoms with Crippen molar-refractivity contribution < 1.29 is 23.9 Å². The lowest BCUT2D eigenvalue weighted by molar-refractivity contribution is -0.120. The summed E-state index contributed by atoms with van der Waals surface area (Å²) < 4.78 is 10.1. The van der Waals surface area contributed by atoms with E-state index in [4.69, 9.17) is 15.2 Å². The standard InChI is InChI=1S/C20H22N2O5/c1-13(2)14-3-7-16(8-4-14)22-19(24)12-27-20(25)15-5-9-17(10-6-15)26-11-18(21)23/h3-10,13H,11-12H2,1-2H3,(H2,21,23)(H,22,24). The zero-order valence-electron chi connectivity index (χ0n) is 15.2. The molecule has 0 heterocycles. The van der Waals surface area contributed by atoms with Crippen molar-refractivity contribution in [1.82, 2.24) is 0 Å². The van der Waals surface area contributed by atoms with Gasteiger partial charge in [0.15, 0.2) is 13.2 Å². The zero-order chi connectivity index (χ0) is 19.8. The molecule has 0 aliphatic rings. The summed E-state index contributed by atoms with van der Waals surface area (Å²) in [6, 6.07) is 13.5. The number of amides is 2. The number of ether oxygens (including phenoxy) is 2. The second-order valence-corrected chi connectivity index (χ2v) is 6.18. The zero-order valence-corrected chi connectivity index (χ0v) is 15.2. The van der Waals surface area contributed by atoms with Crippen LogP contribution in [0.3, 0.4) is 0 Å². The smallest absolute Gasteiger partial charge is 0.338 e. The lowest BCUT2D eigenvalue weighted by atomic mass is 10.0. The third kappa shape index (κ3) is 6.47. The minimum absolute atomic E-state index is 0.248. The van der Waals surface area contributed by atoms with Crippen LogP contribution in [-0.2, 0) is 14.3 Å². The molecule has 27 heavy (non-hydrogen) atoms. The number of nitrogens with one attached hydrogen (secondary N) is 1. The number of carbonyl (C=O) groups is 3. The van der Waals surface area contributed by atoms with Crippen LogP contribution in [0, 0.1) is 0 Å². The Balaban J connectivity index is 1.82. The number of benzene rings is 2. The molecule has 0 unspecified atom stereocenters. The molecule has 0 fully saturated rings. The molecule has 7 heteroatoms. The van der Waals surface area contributed by atoms with Gasteiger partial charge in [0, 0.05) is 5.69 Å². The van der Waals surface area contributed by atoms with Gasteiger partial charge in [-0.2, -0.15) is 0 Å². The fourth-order valence-corrected chi connectivity index (χ4v) is 2.20. The van der Waals surface area contributed by atoms with Crippen LogP contribution in [0.25, 0.3) is 0 Å². The summed E-state index contributed by atoms with van der Waals surface area (Å²) in [5, 5.41) is 2.67. The number of esters is 1. The van der Waals surface area contributed by atoms with Gasteiger partial charge in [-0.05, 0) is 47.9 Å². The summed E-state index contributed by atoms with van der Waals surface area (Å²) in [6.45, 7) is 3.53. The summed E-state index contributed by atoms with van der Waals surface area (Å²) in [4.78, 5) is 34.6. The molecule has 0 radical (unpaired) electrons. The monoisotopic (exact) mass is 370 g/mol. The number of carbonyl (C=O) groups excluding carboxylic acids is 3. The predicted octanol–water partition coefficient (Wildman–Crippen LogP) is 2.47. The van der Waals surface area contributed by atoms with E-state index in [1.54, 1.807) is 12.1 Å². The molecule has 2 aromatic carbocycles. The van der Waals surface area contributed by atoms with Crippen LogP contribution >= 0.6 is 0 Å². The van der Waals surface area contributed by atoms with Crippen LogP contribution in [0.2, 0.25) is 0 Å². The quantitative estimate of drug-likeness (QED) is 0.694. The van der Waals surface area contributed by atoms with E-state index in [2.05, 4.69) is 19.2 Å². The molecule has 2 rings (SSSR count). The van der Waals surface area contributed by atoms with Crippen molar-refractivity contribution >= 4 is 23.5 Å². The third-order valence-electron chi connectivity index (χ3n) is 3.67. The van der Waals surface area contributed by atoms with Crippen molar-refractivity contribution in [1.29, 1.82) is 0 Å². The van der Waals surface area contributed by atoms with Gasteiger partial charge >= 0.3 is 5.97 Å². The summed E-state index contributed by atoms with van der Waals surface area (Å²) >= 11 is 0. The molecule has 2 aromatic rings. The van der Waals surface area contributed by atoms with Crippen molar-refractivity contribution in [2.45, 2.75) is 19.8 Å². The minimum atomic E-state index is -0.637. The van der Waals surface area contributed by atoms with E-state index in [-0.39, 0.29) is 12.2 Å². The van der Waals surface area contributed by atoms with Crippen LogP contribution in [-0.4, -0.2) is 31.0 Å². The lowest BCUT2D eigenvalue weighted by Crippen LogP contribution is -2.21. The van der Waals surface area contributed by atoms with Gasteiger partial charge in [0.05, 0.1) is 5.56 Å². The van der Waals surface area contributed by atoms with Gasteiger partial charge in [-0.15, -0.1) is 0 Å². The first-order valence-electron chi connectivity index (χ1n) is 8.43. The fourth-order valence-electron chi connectivity index (χ4n) is 2.20. The van der Waals surface area contributed by atoms with Gasteiger partial charge < -0.3 is 20.5 Å². The van der Waals surface area contributed by atoms with E-state index < -0.39 is 24.4 Å². The average Bonchev–Trinajstić information content (AvgIpc) is 2.65. The van der Waals surface area contributed by atoms with Gasteiger partial charge in [-0.3, -0.25) is 9.59 Å². The van der Waals surface area contributed by atoms with Crippen molar-refractivity contribution in [2.75, 3.05) is 18.5 Å². The second-order valence-electron chi connectivity index (χ2n) is 6.18. The lowest BCUT2D eigenvalue weighted by Gasteiger charge is -2.09. The van der Waals surface area contributed by atoms with Crippen LogP contribution in [0.1, 0.15) is 35.7 Å². The molecule has 0 saturated carbocycles. The maximum Gasteiger partial charge on any atom is 0.338 e. The summed E-state index contributed by atoms with van der Waals surface area (Å²) in [5.74, 6) is -0.858. The van der Waals surface area contributed by atoms with E-state index in [1.807, 2.05) is 12.1 Å². The van der Waals surface area contributed by atoms with Crippen LogP contribution in [0.5, 0.6) is 5.75 Å². The molecule has 7 nitrogen and oxygen atoms in total. The first kappa shape index (κ1) is 20.0. The first-order chi connectivity index (χ1) is 12.8. The molecule has 0 atom stereocenters. The number of primary amides is 1. The molecular weight excluding hydrogens is 348 g/mol. The summed E-state index contributed by atoms with van der Waals surface area (Å²) in [7, 11) is 0. The van der Waals surface area contributed by atoms with Crippen LogP contribution in [0.4, 0.5) is 5.69 Å². The van der Waals surface area contributed by atoms with E-state index in [1.165, 1.54) is 29.8 Å². The van der Waals surface area contributed by atoms with Crippen molar-refractivity contribution in [3.05, 3.63) is 59.7 Å². The Hall–Kier alpha value is -3.35. The van der Waals surface area contributed by atoms with Crippen molar-refractivity contribution in [3.63, 3.8) is 0 Å². The molecule has 0 saturated heterocycles. The maximum absolute atomic E-state index is 12.0. The Morgan fingerprint density at radius 2 is 1.59 bits per heavy atom. The predicted molar refractivity (Wildman–Crippen MR) is 101 cm³/mol. The number of hydrogen-bond donors (Lipinski definition) is 2. The van der Waals surface area contributed by atoms with E-state index in [9.17, 15) is 14.4 Å². The topological polar surface area (TPSA) is 108 Å². The molecule has 0 aliphatic heterocycles. The Morgan fingerprint density at radius 1 is 0.963 bits per heavy atom. The summed E-state index contributed by atoms with van der Waals surface area (Å²) in [5.41, 5.74) is 7.05. The fraction of sp³-hybridized carbons (Fsp3) is 0.250. The SMILES string of the molecule is CC(C)c1ccc(NC(=O)COC(=O)c2ccc(OCC(N)=O)cc2)cc1. The van der Waals surface area contributed by atoms with Crippen molar-refractivity contribution in [2.24, 2.45) is 5.73 Å². The molecule has 0 spiro atoms. The van der Waals surface area contributed by atoms with E-state index >= 15 is 0 Å². The molecule has 0 bridgehead atoms. The van der Waals surface area contributed by atoms with Crippen LogP contribution < -0.4 is 15.8 Å². The highest BCUT2D eigenvalue weighted by atomic mass is 16.5. The van der Waals surface area contributed by atoms with Gasteiger partial charge in [-0.1, -0.05) is 26.0 Å². The summed E-state index contributed by atoms with van der Waals surface area (Å²) in [6.07, 6.45) is 0. The van der Waals surface area contributed by atoms with Gasteiger partial charge in [0.1, 0.15) is 5.75 Å². The highest BCUT2D eigenvalue weighted by Gasteiger charge is 2.11. The van der Waals surface area contributed by atoms with Gasteiger partial charge in [-0.25, -0.2) is 4.79 Å². The molecular formula is C20H22N2O5. The third-order valence-corrected chi connectivity index (χ3v) is 3.67. The number of anilines is 1. The van der Waals surface area contributed by atoms with Gasteiger partial charge in [0.2, 0.25) is 0 Å². The Labute approximate surface area is 157 Å². The Bertz CT molecular complexity index is 798. The molecule has 142 valence electrons. The molecule has 3 N–H and O–H groups in total. The Kier molecular flexibility index (Phi) is 6.93. The molecule has 0 aromatic heterocycles. The second kappa shape index (κ2) is 9.38. The molecule has 2 amide bonds. The molecule has 0 aliphatic carbocycles. The number of hydrogen-bond acceptors (Lipinski definition) is 5. The minimum Gasteiger partial charge on any atom is -0.484 e.